The van der Waals surface area contributed by atoms with Gasteiger partial charge < -0.3 is 10.1 Å². The van der Waals surface area contributed by atoms with Crippen LogP contribution in [0.25, 0.3) is 0 Å². The molecular formula is C15H21N3OS. The van der Waals surface area contributed by atoms with Crippen LogP contribution in [-0.4, -0.2) is 17.9 Å². The average Bonchev–Trinajstić information content (AvgIpc) is 2.46. The Bertz CT molecular complexity index is 502. The van der Waals surface area contributed by atoms with Gasteiger partial charge in [0, 0.05) is 17.5 Å². The molecule has 0 aliphatic heterocycles. The maximum absolute atomic E-state index is 5.25. The third-order valence-corrected chi connectivity index (χ3v) is 3.71. The Morgan fingerprint density at radius 3 is 3.00 bits per heavy atom. The molecule has 0 amide bonds. The second-order valence-electron chi connectivity index (χ2n) is 5.05. The van der Waals surface area contributed by atoms with E-state index in [4.69, 9.17) is 17.0 Å². The fourth-order valence-corrected chi connectivity index (χ4v) is 2.48. The van der Waals surface area contributed by atoms with Gasteiger partial charge in [0.15, 0.2) is 5.11 Å². The van der Waals surface area contributed by atoms with Gasteiger partial charge in [-0.3, -0.25) is 5.43 Å². The molecule has 20 heavy (non-hydrogen) atoms. The zero-order chi connectivity index (χ0) is 14.4. The summed E-state index contributed by atoms with van der Waals surface area (Å²) in [7, 11) is 1.64. The molecule has 2 N–H and O–H groups in total. The topological polar surface area (TPSA) is 45.6 Å². The summed E-state index contributed by atoms with van der Waals surface area (Å²) < 4.78 is 5.17. The van der Waals surface area contributed by atoms with Crippen molar-refractivity contribution in [1.82, 2.24) is 5.43 Å². The van der Waals surface area contributed by atoms with E-state index in [2.05, 4.69) is 22.8 Å². The number of hydrazone groups is 1. The molecule has 1 atom stereocenters. The Hall–Kier alpha value is -1.62. The van der Waals surface area contributed by atoms with Crippen LogP contribution in [0.15, 0.2) is 29.4 Å². The van der Waals surface area contributed by atoms with Crippen molar-refractivity contribution >= 4 is 28.7 Å². The van der Waals surface area contributed by atoms with E-state index in [-0.39, 0.29) is 0 Å². The van der Waals surface area contributed by atoms with Crippen LogP contribution in [-0.2, 0) is 0 Å². The number of hydrogen-bond acceptors (Lipinski definition) is 3. The van der Waals surface area contributed by atoms with E-state index in [9.17, 15) is 0 Å². The molecule has 4 nitrogen and oxygen atoms in total. The van der Waals surface area contributed by atoms with E-state index >= 15 is 0 Å². The van der Waals surface area contributed by atoms with E-state index in [1.165, 1.54) is 25.0 Å². The molecule has 1 aliphatic rings. The van der Waals surface area contributed by atoms with E-state index in [1.54, 1.807) is 7.11 Å². The molecule has 0 radical (unpaired) electrons. The summed E-state index contributed by atoms with van der Waals surface area (Å²) in [5.41, 5.74) is 5.04. The summed E-state index contributed by atoms with van der Waals surface area (Å²) in [6.45, 7) is 2.22. The van der Waals surface area contributed by atoms with Gasteiger partial charge in [0.2, 0.25) is 0 Å². The Morgan fingerprint density at radius 2 is 2.25 bits per heavy atom. The molecule has 0 heterocycles. The van der Waals surface area contributed by atoms with E-state index in [0.717, 1.165) is 17.9 Å². The summed E-state index contributed by atoms with van der Waals surface area (Å²) in [6.07, 6.45) is 4.81. The molecule has 0 bridgehead atoms. The third kappa shape index (κ3) is 4.20. The van der Waals surface area contributed by atoms with Crippen molar-refractivity contribution in [3.05, 3.63) is 24.3 Å². The normalized spacial score (nSPS) is 20.5. The first-order valence-corrected chi connectivity index (χ1v) is 7.37. The lowest BCUT2D eigenvalue weighted by atomic mass is 9.89. The highest BCUT2D eigenvalue weighted by atomic mass is 32.1. The number of methoxy groups -OCH3 is 1. The second-order valence-corrected chi connectivity index (χ2v) is 5.46. The average molecular weight is 291 g/mol. The second kappa shape index (κ2) is 7.24. The van der Waals surface area contributed by atoms with Crippen LogP contribution in [0.5, 0.6) is 5.75 Å². The zero-order valence-electron chi connectivity index (χ0n) is 12.0. The van der Waals surface area contributed by atoms with Gasteiger partial charge in [-0.15, -0.1) is 0 Å². The monoisotopic (exact) mass is 291 g/mol. The van der Waals surface area contributed by atoms with Gasteiger partial charge in [-0.05, 0) is 49.5 Å². The SMILES string of the molecule is COc1cccc(NC(=S)NN=C2CCCC[C@@H]2C)c1. The molecule has 1 saturated carbocycles. The molecule has 2 rings (SSSR count). The van der Waals surface area contributed by atoms with Gasteiger partial charge >= 0.3 is 0 Å². The number of thiocarbonyl (C=S) groups is 1. The lowest BCUT2D eigenvalue weighted by Crippen LogP contribution is -2.27. The molecule has 1 aliphatic carbocycles. The number of anilines is 1. The molecule has 5 heteroatoms. The number of benzene rings is 1. The quantitative estimate of drug-likeness (QED) is 0.660. The lowest BCUT2D eigenvalue weighted by molar-refractivity contribution is 0.415. The first-order chi connectivity index (χ1) is 9.69. The van der Waals surface area contributed by atoms with E-state index in [1.807, 2.05) is 24.3 Å². The maximum Gasteiger partial charge on any atom is 0.191 e. The number of hydrogen-bond donors (Lipinski definition) is 2. The van der Waals surface area contributed by atoms with Crippen molar-refractivity contribution in [2.45, 2.75) is 32.6 Å². The van der Waals surface area contributed by atoms with Gasteiger partial charge in [-0.1, -0.05) is 19.4 Å². The highest BCUT2D eigenvalue weighted by Crippen LogP contribution is 2.20. The number of ether oxygens (including phenoxy) is 1. The molecule has 0 unspecified atom stereocenters. The maximum atomic E-state index is 5.25. The summed E-state index contributed by atoms with van der Waals surface area (Å²) in [5, 5.41) is 8.04. The number of nitrogens with one attached hydrogen (secondary N) is 2. The van der Waals surface area contributed by atoms with Crippen LogP contribution in [0, 0.1) is 5.92 Å². The van der Waals surface area contributed by atoms with Crippen molar-refractivity contribution in [2.75, 3.05) is 12.4 Å². The van der Waals surface area contributed by atoms with Crippen LogP contribution in [0.2, 0.25) is 0 Å². The third-order valence-electron chi connectivity index (χ3n) is 3.52. The summed E-state index contributed by atoms with van der Waals surface area (Å²) in [6, 6.07) is 7.64. The zero-order valence-corrected chi connectivity index (χ0v) is 12.8. The number of nitrogens with zero attached hydrogens (tertiary/aromatic N) is 1. The lowest BCUT2D eigenvalue weighted by Gasteiger charge is -2.20. The van der Waals surface area contributed by atoms with Crippen LogP contribution in [0.1, 0.15) is 32.6 Å². The highest BCUT2D eigenvalue weighted by Gasteiger charge is 2.15. The molecule has 108 valence electrons. The first-order valence-electron chi connectivity index (χ1n) is 6.96. The minimum atomic E-state index is 0.503. The van der Waals surface area contributed by atoms with Crippen LogP contribution in [0.3, 0.4) is 0 Å². The van der Waals surface area contributed by atoms with Crippen LogP contribution >= 0.6 is 12.2 Å². The Kier molecular flexibility index (Phi) is 5.35. The molecule has 0 spiro atoms. The summed E-state index contributed by atoms with van der Waals surface area (Å²) >= 11 is 5.25. The van der Waals surface area contributed by atoms with Crippen molar-refractivity contribution in [2.24, 2.45) is 11.0 Å². The largest absolute Gasteiger partial charge is 0.497 e. The molecule has 1 fully saturated rings. The predicted molar refractivity (Wildman–Crippen MR) is 87.4 cm³/mol. The van der Waals surface area contributed by atoms with Gasteiger partial charge in [-0.2, -0.15) is 5.10 Å². The Balaban J connectivity index is 1.90. The molecule has 1 aromatic rings. The van der Waals surface area contributed by atoms with Crippen LogP contribution < -0.4 is 15.5 Å². The minimum absolute atomic E-state index is 0.503. The van der Waals surface area contributed by atoms with Crippen molar-refractivity contribution in [1.29, 1.82) is 0 Å². The molecule has 0 aromatic heterocycles. The smallest absolute Gasteiger partial charge is 0.191 e. The van der Waals surface area contributed by atoms with Gasteiger partial charge in [0.1, 0.15) is 5.75 Å². The van der Waals surface area contributed by atoms with Crippen LogP contribution in [0.4, 0.5) is 5.69 Å². The van der Waals surface area contributed by atoms with E-state index < -0.39 is 0 Å². The fraction of sp³-hybridized carbons (Fsp3) is 0.467. The fourth-order valence-electron chi connectivity index (χ4n) is 2.32. The Labute approximate surface area is 125 Å². The van der Waals surface area contributed by atoms with E-state index in [0.29, 0.717) is 11.0 Å². The standard InChI is InChI=1S/C15H21N3OS/c1-11-6-3-4-9-14(11)17-18-15(20)16-12-7-5-8-13(10-12)19-2/h5,7-8,10-11H,3-4,6,9H2,1-2H3,(H2,16,18,20)/t11-/m0/s1. The van der Waals surface area contributed by atoms with Crippen molar-refractivity contribution in [3.8, 4) is 5.75 Å². The molecule has 0 saturated heterocycles. The molecule has 1 aromatic carbocycles. The van der Waals surface area contributed by atoms with Gasteiger partial charge in [0.25, 0.3) is 0 Å². The number of rotatable bonds is 3. The highest BCUT2D eigenvalue weighted by molar-refractivity contribution is 7.80. The van der Waals surface area contributed by atoms with Crippen molar-refractivity contribution < 1.29 is 4.74 Å². The molecular weight excluding hydrogens is 270 g/mol. The minimum Gasteiger partial charge on any atom is -0.497 e. The summed E-state index contributed by atoms with van der Waals surface area (Å²) in [5.74, 6) is 1.35. The first kappa shape index (κ1) is 14.8. The van der Waals surface area contributed by atoms with Gasteiger partial charge in [-0.25, -0.2) is 0 Å². The predicted octanol–water partition coefficient (Wildman–Crippen LogP) is 3.55. The van der Waals surface area contributed by atoms with Gasteiger partial charge in [0.05, 0.1) is 7.11 Å². The summed E-state index contributed by atoms with van der Waals surface area (Å²) in [4.78, 5) is 0. The van der Waals surface area contributed by atoms with Crippen molar-refractivity contribution in [3.63, 3.8) is 0 Å². The Morgan fingerprint density at radius 1 is 1.40 bits per heavy atom.